The molecular weight excluding hydrogens is 242 g/mol. The molecule has 1 aromatic rings. The lowest BCUT2D eigenvalue weighted by molar-refractivity contribution is -0.124. The minimum Gasteiger partial charge on any atom is -0.342 e. The van der Waals surface area contributed by atoms with Gasteiger partial charge in [-0.25, -0.2) is 9.97 Å². The van der Waals surface area contributed by atoms with E-state index in [9.17, 15) is 4.79 Å². The second-order valence-electron chi connectivity index (χ2n) is 5.38. The molecule has 6 nitrogen and oxygen atoms in total. The molecule has 0 unspecified atom stereocenters. The van der Waals surface area contributed by atoms with Crippen LogP contribution in [0, 0.1) is 13.8 Å². The number of carbonyl (C=O) groups is 1. The number of rotatable bonds is 1. The van der Waals surface area contributed by atoms with Crippen molar-refractivity contribution in [3.63, 3.8) is 0 Å². The summed E-state index contributed by atoms with van der Waals surface area (Å²) in [4.78, 5) is 23.0. The Hall–Kier alpha value is -1.69. The zero-order valence-electron chi connectivity index (χ0n) is 11.4. The monoisotopic (exact) mass is 261 g/mol. The number of anilines is 1. The van der Waals surface area contributed by atoms with Gasteiger partial charge in [0.05, 0.1) is 6.67 Å². The SMILES string of the molecule is Cc1cc(C)nc(N2CCC3(CC2)NCNC3=O)n1. The molecule has 0 bridgehead atoms. The molecule has 0 atom stereocenters. The molecule has 0 aliphatic carbocycles. The third kappa shape index (κ3) is 2.16. The average molecular weight is 261 g/mol. The second-order valence-corrected chi connectivity index (χ2v) is 5.38. The highest BCUT2D eigenvalue weighted by molar-refractivity contribution is 5.88. The zero-order valence-corrected chi connectivity index (χ0v) is 11.4. The van der Waals surface area contributed by atoms with Crippen molar-refractivity contribution < 1.29 is 4.79 Å². The Kier molecular flexibility index (Phi) is 2.89. The normalized spacial score (nSPS) is 21.8. The second kappa shape index (κ2) is 4.45. The summed E-state index contributed by atoms with van der Waals surface area (Å²) in [7, 11) is 0. The number of piperidine rings is 1. The zero-order chi connectivity index (χ0) is 13.5. The first-order valence-corrected chi connectivity index (χ1v) is 6.70. The van der Waals surface area contributed by atoms with Crippen LogP contribution in [0.4, 0.5) is 5.95 Å². The fraction of sp³-hybridized carbons (Fsp3) is 0.615. The highest BCUT2D eigenvalue weighted by Gasteiger charge is 2.44. The number of nitrogens with one attached hydrogen (secondary N) is 2. The van der Waals surface area contributed by atoms with Gasteiger partial charge in [-0.1, -0.05) is 0 Å². The summed E-state index contributed by atoms with van der Waals surface area (Å²) < 4.78 is 0. The first-order chi connectivity index (χ1) is 9.09. The van der Waals surface area contributed by atoms with Gasteiger partial charge in [-0.2, -0.15) is 0 Å². The molecule has 3 heterocycles. The molecule has 6 heteroatoms. The molecule has 2 aliphatic heterocycles. The van der Waals surface area contributed by atoms with Crippen molar-refractivity contribution in [1.82, 2.24) is 20.6 Å². The van der Waals surface area contributed by atoms with E-state index in [-0.39, 0.29) is 11.4 Å². The fourth-order valence-electron chi connectivity index (χ4n) is 2.88. The van der Waals surface area contributed by atoms with E-state index in [1.165, 1.54) is 0 Å². The van der Waals surface area contributed by atoms with Crippen LogP contribution in [0.5, 0.6) is 0 Å². The third-order valence-corrected chi connectivity index (χ3v) is 3.98. The van der Waals surface area contributed by atoms with Gasteiger partial charge in [0.25, 0.3) is 0 Å². The molecule has 0 aromatic carbocycles. The Morgan fingerprint density at radius 3 is 2.37 bits per heavy atom. The molecule has 102 valence electrons. The molecular formula is C13H19N5O. The van der Waals surface area contributed by atoms with Crippen LogP contribution in [-0.4, -0.2) is 41.2 Å². The van der Waals surface area contributed by atoms with E-state index in [2.05, 4.69) is 25.5 Å². The van der Waals surface area contributed by atoms with Gasteiger partial charge in [0.1, 0.15) is 5.54 Å². The van der Waals surface area contributed by atoms with Gasteiger partial charge in [0, 0.05) is 24.5 Å². The topological polar surface area (TPSA) is 70.2 Å². The summed E-state index contributed by atoms with van der Waals surface area (Å²) in [6.45, 7) is 6.16. The maximum Gasteiger partial charge on any atom is 0.241 e. The summed E-state index contributed by atoms with van der Waals surface area (Å²) in [5.74, 6) is 0.916. The molecule has 3 rings (SSSR count). The Labute approximate surface area is 112 Å². The molecule has 2 aliphatic rings. The van der Waals surface area contributed by atoms with E-state index in [4.69, 9.17) is 0 Å². The van der Waals surface area contributed by atoms with E-state index in [1.54, 1.807) is 0 Å². The largest absolute Gasteiger partial charge is 0.342 e. The van der Waals surface area contributed by atoms with Gasteiger partial charge >= 0.3 is 0 Å². The van der Waals surface area contributed by atoms with Crippen molar-refractivity contribution in [3.8, 4) is 0 Å². The summed E-state index contributed by atoms with van der Waals surface area (Å²) in [6, 6.07) is 1.97. The molecule has 1 spiro atoms. The number of aromatic nitrogens is 2. The molecule has 2 saturated heterocycles. The highest BCUT2D eigenvalue weighted by Crippen LogP contribution is 2.26. The van der Waals surface area contributed by atoms with Crippen molar-refractivity contribution >= 4 is 11.9 Å². The predicted molar refractivity (Wildman–Crippen MR) is 71.8 cm³/mol. The first-order valence-electron chi connectivity index (χ1n) is 6.70. The van der Waals surface area contributed by atoms with Crippen LogP contribution >= 0.6 is 0 Å². The van der Waals surface area contributed by atoms with E-state index in [0.29, 0.717) is 6.67 Å². The molecule has 2 N–H and O–H groups in total. The Bertz CT molecular complexity index is 488. The van der Waals surface area contributed by atoms with Crippen LogP contribution in [0.2, 0.25) is 0 Å². The lowest BCUT2D eigenvalue weighted by atomic mass is 9.88. The van der Waals surface area contributed by atoms with Gasteiger partial charge in [-0.3, -0.25) is 10.1 Å². The van der Waals surface area contributed by atoms with Crippen LogP contribution in [0.3, 0.4) is 0 Å². The first kappa shape index (κ1) is 12.3. The lowest BCUT2D eigenvalue weighted by Gasteiger charge is -2.37. The lowest BCUT2D eigenvalue weighted by Crippen LogP contribution is -2.54. The van der Waals surface area contributed by atoms with Gasteiger partial charge in [0.15, 0.2) is 0 Å². The summed E-state index contributed by atoms with van der Waals surface area (Å²) in [5.41, 5.74) is 1.61. The van der Waals surface area contributed by atoms with E-state index in [1.807, 2.05) is 19.9 Å². The van der Waals surface area contributed by atoms with Crippen LogP contribution in [0.25, 0.3) is 0 Å². The summed E-state index contributed by atoms with van der Waals surface area (Å²) in [5, 5.41) is 6.14. The van der Waals surface area contributed by atoms with E-state index < -0.39 is 0 Å². The van der Waals surface area contributed by atoms with Crippen molar-refractivity contribution in [3.05, 3.63) is 17.5 Å². The molecule has 2 fully saturated rings. The standard InChI is InChI=1S/C13H19N5O/c1-9-7-10(2)17-12(16-9)18-5-3-13(4-6-18)11(19)14-8-15-13/h7,15H,3-6,8H2,1-2H3,(H,14,19). The Morgan fingerprint density at radius 1 is 1.21 bits per heavy atom. The number of amides is 1. The summed E-state index contributed by atoms with van der Waals surface area (Å²) >= 11 is 0. The van der Waals surface area contributed by atoms with Crippen LogP contribution < -0.4 is 15.5 Å². The number of aryl methyl sites for hydroxylation is 2. The average Bonchev–Trinajstić information content (AvgIpc) is 2.71. The molecule has 0 radical (unpaired) electrons. The third-order valence-electron chi connectivity index (χ3n) is 3.98. The van der Waals surface area contributed by atoms with Crippen LogP contribution in [0.1, 0.15) is 24.2 Å². The molecule has 0 saturated carbocycles. The fourth-order valence-corrected chi connectivity index (χ4v) is 2.88. The quantitative estimate of drug-likeness (QED) is 0.751. The van der Waals surface area contributed by atoms with Crippen molar-refractivity contribution in [2.24, 2.45) is 0 Å². The molecule has 1 aromatic heterocycles. The number of carbonyl (C=O) groups excluding carboxylic acids is 1. The van der Waals surface area contributed by atoms with Crippen LogP contribution in [0.15, 0.2) is 6.07 Å². The highest BCUT2D eigenvalue weighted by atomic mass is 16.2. The van der Waals surface area contributed by atoms with Crippen molar-refractivity contribution in [2.45, 2.75) is 32.2 Å². The van der Waals surface area contributed by atoms with Crippen LogP contribution in [-0.2, 0) is 4.79 Å². The smallest absolute Gasteiger partial charge is 0.241 e. The maximum absolute atomic E-state index is 11.9. The maximum atomic E-state index is 11.9. The van der Waals surface area contributed by atoms with Gasteiger partial charge < -0.3 is 10.2 Å². The minimum atomic E-state index is -0.366. The Morgan fingerprint density at radius 2 is 1.84 bits per heavy atom. The minimum absolute atomic E-state index is 0.133. The predicted octanol–water partition coefficient (Wildman–Crippen LogP) is 0.109. The number of hydrogen-bond acceptors (Lipinski definition) is 5. The van der Waals surface area contributed by atoms with Gasteiger partial charge in [0.2, 0.25) is 11.9 Å². The Balaban J connectivity index is 1.75. The number of hydrogen-bond donors (Lipinski definition) is 2. The van der Waals surface area contributed by atoms with E-state index in [0.717, 1.165) is 43.3 Å². The number of nitrogens with zero attached hydrogens (tertiary/aromatic N) is 3. The van der Waals surface area contributed by atoms with E-state index >= 15 is 0 Å². The van der Waals surface area contributed by atoms with Gasteiger partial charge in [-0.15, -0.1) is 0 Å². The summed E-state index contributed by atoms with van der Waals surface area (Å²) in [6.07, 6.45) is 1.60. The van der Waals surface area contributed by atoms with Crippen molar-refractivity contribution in [1.29, 1.82) is 0 Å². The molecule has 1 amide bonds. The van der Waals surface area contributed by atoms with Crippen molar-refractivity contribution in [2.75, 3.05) is 24.7 Å². The van der Waals surface area contributed by atoms with Gasteiger partial charge in [-0.05, 0) is 32.8 Å². The molecule has 19 heavy (non-hydrogen) atoms.